The molecular weight excluding hydrogens is 326 g/mol. The molecule has 0 radical (unpaired) electrons. The van der Waals surface area contributed by atoms with E-state index in [1.165, 1.54) is 34.4 Å². The van der Waals surface area contributed by atoms with Gasteiger partial charge in [0.15, 0.2) is 0 Å². The molecule has 23 heavy (non-hydrogen) atoms. The van der Waals surface area contributed by atoms with Crippen molar-refractivity contribution in [3.63, 3.8) is 0 Å². The maximum absolute atomic E-state index is 6.15. The second-order valence-electron chi connectivity index (χ2n) is 6.16. The van der Waals surface area contributed by atoms with Gasteiger partial charge in [0.05, 0.1) is 5.39 Å². The Labute approximate surface area is 144 Å². The van der Waals surface area contributed by atoms with Crippen LogP contribution in [0.4, 0.5) is 11.5 Å². The molecule has 0 fully saturated rings. The summed E-state index contributed by atoms with van der Waals surface area (Å²) in [6, 6.07) is 6.36. The van der Waals surface area contributed by atoms with Crippen molar-refractivity contribution in [1.82, 2.24) is 9.97 Å². The number of rotatable bonds is 2. The van der Waals surface area contributed by atoms with Gasteiger partial charge < -0.3 is 5.32 Å². The number of hydrogen-bond acceptors (Lipinski definition) is 4. The quantitative estimate of drug-likeness (QED) is 0.617. The zero-order valence-electron chi connectivity index (χ0n) is 13.2. The summed E-state index contributed by atoms with van der Waals surface area (Å²) in [5.41, 5.74) is 5.01. The third-order valence-electron chi connectivity index (χ3n) is 4.56. The van der Waals surface area contributed by atoms with Crippen LogP contribution < -0.4 is 5.32 Å². The summed E-state index contributed by atoms with van der Waals surface area (Å²) in [7, 11) is 0. The van der Waals surface area contributed by atoms with E-state index >= 15 is 0 Å². The maximum atomic E-state index is 6.15. The number of halogens is 1. The van der Waals surface area contributed by atoms with Crippen LogP contribution in [0, 0.1) is 13.8 Å². The summed E-state index contributed by atoms with van der Waals surface area (Å²) in [6.45, 7) is 4.24. The minimum Gasteiger partial charge on any atom is -0.340 e. The van der Waals surface area contributed by atoms with Crippen molar-refractivity contribution in [2.45, 2.75) is 39.5 Å². The van der Waals surface area contributed by atoms with Crippen LogP contribution in [-0.2, 0) is 12.8 Å². The number of benzene rings is 1. The Hall–Kier alpha value is -1.65. The Bertz CT molecular complexity index is 901. The van der Waals surface area contributed by atoms with Gasteiger partial charge in [-0.2, -0.15) is 4.98 Å². The van der Waals surface area contributed by atoms with E-state index in [9.17, 15) is 0 Å². The monoisotopic (exact) mass is 343 g/mol. The van der Waals surface area contributed by atoms with Crippen molar-refractivity contribution in [2.24, 2.45) is 0 Å². The van der Waals surface area contributed by atoms with Crippen LogP contribution in [0.3, 0.4) is 0 Å². The second kappa shape index (κ2) is 5.77. The molecule has 0 amide bonds. The smallest absolute Gasteiger partial charge is 0.225 e. The highest BCUT2D eigenvalue weighted by Crippen LogP contribution is 2.39. The number of thiophene rings is 1. The van der Waals surface area contributed by atoms with Gasteiger partial charge in [-0.1, -0.05) is 6.07 Å². The Kier molecular flexibility index (Phi) is 3.74. The highest BCUT2D eigenvalue weighted by atomic mass is 35.5. The summed E-state index contributed by atoms with van der Waals surface area (Å²) in [5.74, 6) is 0.836. The summed E-state index contributed by atoms with van der Waals surface area (Å²) in [6.07, 6.45) is 4.77. The first-order valence-corrected chi connectivity index (χ1v) is 9.13. The van der Waals surface area contributed by atoms with E-state index in [0.29, 0.717) is 5.28 Å². The van der Waals surface area contributed by atoms with Gasteiger partial charge >= 0.3 is 0 Å². The molecule has 4 rings (SSSR count). The molecule has 0 aliphatic heterocycles. The lowest BCUT2D eigenvalue weighted by Gasteiger charge is -2.13. The van der Waals surface area contributed by atoms with Gasteiger partial charge in [0.1, 0.15) is 10.6 Å². The first kappa shape index (κ1) is 14.9. The van der Waals surface area contributed by atoms with Gasteiger partial charge in [-0.15, -0.1) is 11.3 Å². The van der Waals surface area contributed by atoms with E-state index in [2.05, 4.69) is 47.3 Å². The molecule has 3 nitrogen and oxygen atoms in total. The van der Waals surface area contributed by atoms with E-state index < -0.39 is 0 Å². The number of aryl methyl sites for hydroxylation is 4. The third kappa shape index (κ3) is 2.70. The molecule has 5 heteroatoms. The Morgan fingerprint density at radius 2 is 1.91 bits per heavy atom. The zero-order valence-corrected chi connectivity index (χ0v) is 14.8. The van der Waals surface area contributed by atoms with Crippen molar-refractivity contribution in [3.05, 3.63) is 45.1 Å². The van der Waals surface area contributed by atoms with E-state index in [-0.39, 0.29) is 0 Å². The number of fused-ring (bicyclic) bond motifs is 3. The molecular formula is C18H18ClN3S. The lowest BCUT2D eigenvalue weighted by atomic mass is 9.97. The van der Waals surface area contributed by atoms with Crippen molar-refractivity contribution in [3.8, 4) is 0 Å². The minimum absolute atomic E-state index is 0.308. The standard InChI is InChI=1S/C18H18ClN3S/c1-10-7-8-12(9-11(10)2)20-16-15-13-5-3-4-6-14(13)23-17(15)22-18(19)21-16/h7-9H,3-6H2,1-2H3,(H,20,21,22). The lowest BCUT2D eigenvalue weighted by Crippen LogP contribution is -2.01. The van der Waals surface area contributed by atoms with Crippen LogP contribution in [0.1, 0.15) is 34.4 Å². The lowest BCUT2D eigenvalue weighted by molar-refractivity contribution is 0.700. The first-order valence-electron chi connectivity index (χ1n) is 7.94. The minimum atomic E-state index is 0.308. The molecule has 2 heterocycles. The average molecular weight is 344 g/mol. The van der Waals surface area contributed by atoms with Gasteiger partial charge in [-0.25, -0.2) is 4.98 Å². The Morgan fingerprint density at radius 3 is 2.74 bits per heavy atom. The molecule has 0 atom stereocenters. The van der Waals surface area contributed by atoms with Crippen molar-refractivity contribution in [1.29, 1.82) is 0 Å². The molecule has 118 valence electrons. The molecule has 1 aromatic carbocycles. The summed E-state index contributed by atoms with van der Waals surface area (Å²) < 4.78 is 0. The normalized spacial score (nSPS) is 14.0. The SMILES string of the molecule is Cc1ccc(Nc2nc(Cl)nc3sc4c(c23)CCCC4)cc1C. The van der Waals surface area contributed by atoms with E-state index in [4.69, 9.17) is 11.6 Å². The van der Waals surface area contributed by atoms with Crippen molar-refractivity contribution in [2.75, 3.05) is 5.32 Å². The van der Waals surface area contributed by atoms with Gasteiger partial charge in [0.2, 0.25) is 5.28 Å². The van der Waals surface area contributed by atoms with Crippen LogP contribution in [0.25, 0.3) is 10.2 Å². The molecule has 3 aromatic rings. The molecule has 2 aromatic heterocycles. The van der Waals surface area contributed by atoms with E-state index in [1.807, 2.05) is 0 Å². The molecule has 0 spiro atoms. The van der Waals surface area contributed by atoms with E-state index in [1.54, 1.807) is 11.3 Å². The molecule has 0 bridgehead atoms. The summed E-state index contributed by atoms with van der Waals surface area (Å²) in [4.78, 5) is 11.4. The van der Waals surface area contributed by atoms with Gasteiger partial charge in [-0.3, -0.25) is 0 Å². The Balaban J connectivity index is 1.85. The summed E-state index contributed by atoms with van der Waals surface area (Å²) in [5, 5.41) is 4.93. The zero-order chi connectivity index (χ0) is 16.0. The fraction of sp³-hybridized carbons (Fsp3) is 0.333. The van der Waals surface area contributed by atoms with Crippen molar-refractivity contribution < 1.29 is 0 Å². The highest BCUT2D eigenvalue weighted by molar-refractivity contribution is 7.19. The predicted octanol–water partition coefficient (Wildman–Crippen LogP) is 5.58. The first-order chi connectivity index (χ1) is 11.1. The number of nitrogens with zero attached hydrogens (tertiary/aromatic N) is 2. The molecule has 0 unspecified atom stereocenters. The van der Waals surface area contributed by atoms with Crippen molar-refractivity contribution >= 4 is 44.7 Å². The topological polar surface area (TPSA) is 37.8 Å². The van der Waals surface area contributed by atoms with Crippen LogP contribution in [0.15, 0.2) is 18.2 Å². The highest BCUT2D eigenvalue weighted by Gasteiger charge is 2.21. The molecule has 1 aliphatic rings. The van der Waals surface area contributed by atoms with Gasteiger partial charge in [-0.05, 0) is 80.0 Å². The van der Waals surface area contributed by atoms with Crippen LogP contribution in [0.5, 0.6) is 0 Å². The number of aromatic nitrogens is 2. The number of nitrogens with one attached hydrogen (secondary N) is 1. The van der Waals surface area contributed by atoms with Crippen LogP contribution in [-0.4, -0.2) is 9.97 Å². The fourth-order valence-electron chi connectivity index (χ4n) is 3.18. The largest absolute Gasteiger partial charge is 0.340 e. The number of anilines is 2. The second-order valence-corrected chi connectivity index (χ2v) is 7.58. The Morgan fingerprint density at radius 1 is 1.09 bits per heavy atom. The summed E-state index contributed by atoms with van der Waals surface area (Å²) >= 11 is 7.92. The van der Waals surface area contributed by atoms with Gasteiger partial charge in [0, 0.05) is 10.6 Å². The average Bonchev–Trinajstić information content (AvgIpc) is 2.89. The van der Waals surface area contributed by atoms with E-state index in [0.717, 1.165) is 34.6 Å². The van der Waals surface area contributed by atoms with Crippen LogP contribution in [0.2, 0.25) is 5.28 Å². The van der Waals surface area contributed by atoms with Crippen LogP contribution >= 0.6 is 22.9 Å². The maximum Gasteiger partial charge on any atom is 0.225 e. The third-order valence-corrected chi connectivity index (χ3v) is 5.91. The molecule has 0 saturated heterocycles. The number of hydrogen-bond donors (Lipinski definition) is 1. The molecule has 1 aliphatic carbocycles. The fourth-order valence-corrected chi connectivity index (χ4v) is 4.66. The predicted molar refractivity (Wildman–Crippen MR) is 98.3 cm³/mol. The molecule has 0 saturated carbocycles. The van der Waals surface area contributed by atoms with Gasteiger partial charge in [0.25, 0.3) is 0 Å². The molecule has 1 N–H and O–H groups in total.